The average molecular weight is 270 g/mol. The van der Waals surface area contributed by atoms with Crippen molar-refractivity contribution in [2.24, 2.45) is 0 Å². The first kappa shape index (κ1) is 13.2. The van der Waals surface area contributed by atoms with Crippen molar-refractivity contribution >= 4 is 17.5 Å². The van der Waals surface area contributed by atoms with Gasteiger partial charge in [-0.3, -0.25) is 4.79 Å². The lowest BCUT2D eigenvalue weighted by Gasteiger charge is -2.44. The molecule has 1 fully saturated rings. The zero-order valence-electron chi connectivity index (χ0n) is 10.4. The maximum absolute atomic E-state index is 11.7. The molecule has 4 nitrogen and oxygen atoms in total. The maximum atomic E-state index is 11.7. The highest BCUT2D eigenvalue weighted by atomic mass is 35.5. The Balaban J connectivity index is 1.88. The fourth-order valence-electron chi connectivity index (χ4n) is 1.90. The number of benzene rings is 1. The molecule has 0 unspecified atom stereocenters. The van der Waals surface area contributed by atoms with Gasteiger partial charge in [0.25, 0.3) is 5.91 Å². The van der Waals surface area contributed by atoms with Crippen molar-refractivity contribution in [2.75, 3.05) is 19.7 Å². The number of hydrogen-bond acceptors (Lipinski definition) is 3. The monoisotopic (exact) mass is 269 g/mol. The SMILES string of the molecule is Cc1ccc(Cl)c(OCC(=O)N2CC(C)(O)C2)c1. The van der Waals surface area contributed by atoms with E-state index in [0.717, 1.165) is 5.56 Å². The standard InChI is InChI=1S/C13H16ClNO3/c1-9-3-4-10(14)11(5-9)18-6-12(16)15-7-13(2,17)8-15/h3-5,17H,6-8H2,1-2H3. The van der Waals surface area contributed by atoms with E-state index in [2.05, 4.69) is 0 Å². The van der Waals surface area contributed by atoms with Crippen LogP contribution in [0.5, 0.6) is 5.75 Å². The molecule has 1 heterocycles. The molecule has 1 saturated heterocycles. The Labute approximate surface area is 111 Å². The second-order valence-corrected chi connectivity index (χ2v) is 5.38. The second-order valence-electron chi connectivity index (χ2n) is 4.97. The lowest BCUT2D eigenvalue weighted by molar-refractivity contribution is -0.154. The third kappa shape index (κ3) is 2.94. The molecule has 0 radical (unpaired) electrons. The molecule has 1 aliphatic heterocycles. The van der Waals surface area contributed by atoms with Gasteiger partial charge >= 0.3 is 0 Å². The smallest absolute Gasteiger partial charge is 0.260 e. The summed E-state index contributed by atoms with van der Waals surface area (Å²) in [5, 5.41) is 10.0. The zero-order chi connectivity index (χ0) is 13.3. The molecule has 1 N–H and O–H groups in total. The van der Waals surface area contributed by atoms with Crippen LogP contribution in [0.25, 0.3) is 0 Å². The summed E-state index contributed by atoms with van der Waals surface area (Å²) in [6.45, 7) is 4.29. The first-order valence-corrected chi connectivity index (χ1v) is 6.14. The molecule has 0 spiro atoms. The van der Waals surface area contributed by atoms with Crippen LogP contribution in [-0.4, -0.2) is 41.2 Å². The van der Waals surface area contributed by atoms with Crippen molar-refractivity contribution < 1.29 is 14.6 Å². The van der Waals surface area contributed by atoms with Crippen LogP contribution in [0, 0.1) is 6.92 Å². The van der Waals surface area contributed by atoms with Crippen molar-refractivity contribution in [1.29, 1.82) is 0 Å². The number of carbonyl (C=O) groups excluding carboxylic acids is 1. The highest BCUT2D eigenvalue weighted by molar-refractivity contribution is 6.32. The third-order valence-corrected chi connectivity index (χ3v) is 3.17. The first-order chi connectivity index (χ1) is 8.37. The molecule has 5 heteroatoms. The first-order valence-electron chi connectivity index (χ1n) is 5.76. The van der Waals surface area contributed by atoms with Crippen LogP contribution in [0.1, 0.15) is 12.5 Å². The van der Waals surface area contributed by atoms with Gasteiger partial charge in [0.1, 0.15) is 5.75 Å². The number of hydrogen-bond donors (Lipinski definition) is 1. The van der Waals surface area contributed by atoms with Gasteiger partial charge in [-0.15, -0.1) is 0 Å². The van der Waals surface area contributed by atoms with E-state index >= 15 is 0 Å². The Morgan fingerprint density at radius 2 is 2.22 bits per heavy atom. The molecule has 0 bridgehead atoms. The largest absolute Gasteiger partial charge is 0.482 e. The molecule has 18 heavy (non-hydrogen) atoms. The molecular weight excluding hydrogens is 254 g/mol. The Bertz CT molecular complexity index is 465. The summed E-state index contributed by atoms with van der Waals surface area (Å²) < 4.78 is 5.40. The van der Waals surface area contributed by atoms with Gasteiger partial charge in [0.05, 0.1) is 23.7 Å². The minimum absolute atomic E-state index is 0.0563. The number of nitrogens with zero attached hydrogens (tertiary/aromatic N) is 1. The summed E-state index contributed by atoms with van der Waals surface area (Å²) in [6, 6.07) is 5.41. The molecular formula is C13H16ClNO3. The molecule has 1 aromatic carbocycles. The van der Waals surface area contributed by atoms with Crippen molar-refractivity contribution in [3.05, 3.63) is 28.8 Å². The lowest BCUT2D eigenvalue weighted by Crippen LogP contribution is -2.62. The number of aryl methyl sites for hydroxylation is 1. The van der Waals surface area contributed by atoms with E-state index in [9.17, 15) is 9.90 Å². The molecule has 0 aromatic heterocycles. The summed E-state index contributed by atoms with van der Waals surface area (Å²) in [5.41, 5.74) is 0.269. The Hall–Kier alpha value is -1.26. The van der Waals surface area contributed by atoms with Gasteiger partial charge in [-0.1, -0.05) is 17.7 Å². The molecule has 0 aliphatic carbocycles. The van der Waals surface area contributed by atoms with Gasteiger partial charge in [-0.25, -0.2) is 0 Å². The molecule has 98 valence electrons. The average Bonchev–Trinajstić information content (AvgIpc) is 2.26. The minimum Gasteiger partial charge on any atom is -0.482 e. The van der Waals surface area contributed by atoms with Crippen LogP contribution in [0.15, 0.2) is 18.2 Å². The van der Waals surface area contributed by atoms with Crippen molar-refractivity contribution in [3.8, 4) is 5.75 Å². The van der Waals surface area contributed by atoms with E-state index in [1.54, 1.807) is 24.0 Å². The fourth-order valence-corrected chi connectivity index (χ4v) is 2.08. The van der Waals surface area contributed by atoms with Gasteiger partial charge in [-0.2, -0.15) is 0 Å². The number of likely N-dealkylation sites (tertiary alicyclic amines) is 1. The number of ether oxygens (including phenoxy) is 1. The predicted molar refractivity (Wildman–Crippen MR) is 68.9 cm³/mol. The topological polar surface area (TPSA) is 49.8 Å². The molecule has 2 rings (SSSR count). The number of aliphatic hydroxyl groups is 1. The van der Waals surface area contributed by atoms with Crippen molar-refractivity contribution in [3.63, 3.8) is 0 Å². The Morgan fingerprint density at radius 3 is 2.83 bits per heavy atom. The Morgan fingerprint density at radius 1 is 1.56 bits per heavy atom. The molecule has 0 saturated carbocycles. The Kier molecular flexibility index (Phi) is 3.50. The zero-order valence-corrected chi connectivity index (χ0v) is 11.2. The van der Waals surface area contributed by atoms with E-state index in [4.69, 9.17) is 16.3 Å². The summed E-state index contributed by atoms with van der Waals surface area (Å²) in [5.74, 6) is 0.372. The number of carbonyl (C=O) groups is 1. The minimum atomic E-state index is -0.753. The summed E-state index contributed by atoms with van der Waals surface area (Å²) in [6.07, 6.45) is 0. The summed E-state index contributed by atoms with van der Waals surface area (Å²) >= 11 is 5.96. The van der Waals surface area contributed by atoms with Gasteiger partial charge in [-0.05, 0) is 31.5 Å². The van der Waals surface area contributed by atoms with Crippen molar-refractivity contribution in [1.82, 2.24) is 4.90 Å². The van der Waals surface area contributed by atoms with Gasteiger partial charge in [0, 0.05) is 0 Å². The molecule has 0 atom stereocenters. The van der Waals surface area contributed by atoms with E-state index in [1.165, 1.54) is 0 Å². The van der Waals surface area contributed by atoms with Crippen LogP contribution in [-0.2, 0) is 4.79 Å². The molecule has 1 amide bonds. The van der Waals surface area contributed by atoms with Gasteiger partial charge < -0.3 is 14.7 Å². The van der Waals surface area contributed by atoms with Gasteiger partial charge in [0.2, 0.25) is 0 Å². The highest BCUT2D eigenvalue weighted by Crippen LogP contribution is 2.26. The van der Waals surface area contributed by atoms with Crippen LogP contribution in [0.4, 0.5) is 0 Å². The van der Waals surface area contributed by atoms with E-state index in [0.29, 0.717) is 23.9 Å². The lowest BCUT2D eigenvalue weighted by atomic mass is 9.97. The van der Waals surface area contributed by atoms with Crippen LogP contribution in [0.3, 0.4) is 0 Å². The number of amides is 1. The number of β-amino-alcohol motifs (C(OH)–C–C–N with tert-alkyl or cyclic N) is 1. The van der Waals surface area contributed by atoms with Crippen LogP contribution in [0.2, 0.25) is 5.02 Å². The predicted octanol–water partition coefficient (Wildman–Crippen LogP) is 1.62. The molecule has 1 aromatic rings. The number of halogens is 1. The number of rotatable bonds is 3. The third-order valence-electron chi connectivity index (χ3n) is 2.85. The fraction of sp³-hybridized carbons (Fsp3) is 0.462. The summed E-state index contributed by atoms with van der Waals surface area (Å²) in [7, 11) is 0. The van der Waals surface area contributed by atoms with E-state index < -0.39 is 5.60 Å². The van der Waals surface area contributed by atoms with E-state index in [1.807, 2.05) is 13.0 Å². The maximum Gasteiger partial charge on any atom is 0.260 e. The van der Waals surface area contributed by atoms with Gasteiger partial charge in [0.15, 0.2) is 6.61 Å². The quantitative estimate of drug-likeness (QED) is 0.907. The van der Waals surface area contributed by atoms with E-state index in [-0.39, 0.29) is 12.5 Å². The second kappa shape index (κ2) is 4.78. The van der Waals surface area contributed by atoms with Crippen molar-refractivity contribution in [2.45, 2.75) is 19.4 Å². The van der Waals surface area contributed by atoms with Crippen LogP contribution >= 0.6 is 11.6 Å². The highest BCUT2D eigenvalue weighted by Gasteiger charge is 2.39. The summed E-state index contributed by atoms with van der Waals surface area (Å²) in [4.78, 5) is 13.3. The van der Waals surface area contributed by atoms with Crippen LogP contribution < -0.4 is 4.74 Å². The molecule has 1 aliphatic rings. The normalized spacial score (nSPS) is 17.2.